The van der Waals surface area contributed by atoms with Gasteiger partial charge in [0.05, 0.1) is 21.6 Å². The normalized spacial score (nSPS) is 17.6. The Kier molecular flexibility index (Phi) is 13.0. The molecule has 1 aromatic heterocycles. The summed E-state index contributed by atoms with van der Waals surface area (Å²) in [5, 5.41) is 15.9. The number of nitrogen functional groups attached to an aromatic ring is 1. The number of amides is 1. The second-order valence-electron chi connectivity index (χ2n) is 16.7. The summed E-state index contributed by atoms with van der Waals surface area (Å²) in [6.07, 6.45) is 6.26. The maximum Gasteiger partial charge on any atom is 0.293 e. The number of nitrogens with zero attached hydrogens (tertiary/aromatic N) is 4. The molecule has 318 valence electrons. The molecule has 4 aromatic rings. The van der Waals surface area contributed by atoms with Gasteiger partial charge in [-0.3, -0.25) is 19.8 Å². The SMILES string of the molecule is Cc1cc(Oc2cc(N3CCN(CC4=C(c5ccc(Cl)cc5)CC(C)(C)CC4)CC3)ccc2C(=O)NS(=O)(=O)c2ccc(NCC3CCOCC3)c([N+](=O)[O-])c2)cnc1N. The zero-order valence-electron chi connectivity index (χ0n) is 34.2. The summed E-state index contributed by atoms with van der Waals surface area (Å²) in [7, 11) is -4.56. The molecule has 0 atom stereocenters. The zero-order valence-corrected chi connectivity index (χ0v) is 35.8. The molecule has 2 fully saturated rings. The third-order valence-electron chi connectivity index (χ3n) is 11.7. The topological polar surface area (TPSA) is 182 Å². The van der Waals surface area contributed by atoms with E-state index in [0.717, 1.165) is 81.6 Å². The summed E-state index contributed by atoms with van der Waals surface area (Å²) in [4.78, 5) is 33.7. The number of rotatable bonds is 13. The van der Waals surface area contributed by atoms with Crippen LogP contribution in [0.3, 0.4) is 0 Å². The van der Waals surface area contributed by atoms with Crippen molar-refractivity contribution < 1.29 is 27.6 Å². The van der Waals surface area contributed by atoms with Crippen molar-refractivity contribution >= 4 is 56.0 Å². The van der Waals surface area contributed by atoms with Gasteiger partial charge in [-0.1, -0.05) is 43.2 Å². The van der Waals surface area contributed by atoms with Crippen molar-refractivity contribution in [3.8, 4) is 11.5 Å². The molecule has 0 bridgehead atoms. The third-order valence-corrected chi connectivity index (χ3v) is 13.3. The minimum absolute atomic E-state index is 0.0541. The van der Waals surface area contributed by atoms with Crippen LogP contribution in [0.15, 0.2) is 83.4 Å². The van der Waals surface area contributed by atoms with Gasteiger partial charge in [-0.25, -0.2) is 18.1 Å². The predicted molar refractivity (Wildman–Crippen MR) is 234 cm³/mol. The Morgan fingerprint density at radius 2 is 1.78 bits per heavy atom. The number of piperazine rings is 1. The van der Waals surface area contributed by atoms with Gasteiger partial charge in [-0.15, -0.1) is 0 Å². The monoisotopic (exact) mass is 857 g/mol. The summed E-state index contributed by atoms with van der Waals surface area (Å²) in [5.41, 5.74) is 11.4. The van der Waals surface area contributed by atoms with E-state index in [2.05, 4.69) is 50.8 Å². The van der Waals surface area contributed by atoms with E-state index in [4.69, 9.17) is 26.8 Å². The number of allylic oxidation sites excluding steroid dienone is 1. The second-order valence-corrected chi connectivity index (χ2v) is 18.8. The first-order chi connectivity index (χ1) is 28.6. The fraction of sp³-hybridized carbons (Fsp3) is 0.409. The first-order valence-corrected chi connectivity index (χ1v) is 22.2. The van der Waals surface area contributed by atoms with Gasteiger partial charge in [0.1, 0.15) is 23.0 Å². The molecule has 60 heavy (non-hydrogen) atoms. The van der Waals surface area contributed by atoms with Crippen molar-refractivity contribution in [2.45, 2.75) is 57.8 Å². The van der Waals surface area contributed by atoms with E-state index in [1.165, 1.54) is 41.1 Å². The zero-order chi connectivity index (χ0) is 42.6. The van der Waals surface area contributed by atoms with E-state index >= 15 is 0 Å². The molecule has 3 aliphatic rings. The summed E-state index contributed by atoms with van der Waals surface area (Å²) in [6.45, 7) is 12.1. The minimum atomic E-state index is -4.56. The third kappa shape index (κ3) is 10.4. The number of benzene rings is 3. The number of hydrogen-bond acceptors (Lipinski definition) is 12. The number of aromatic nitrogens is 1. The number of pyridine rings is 1. The van der Waals surface area contributed by atoms with Crippen LogP contribution in [0, 0.1) is 28.4 Å². The van der Waals surface area contributed by atoms with Crippen molar-refractivity contribution in [1.29, 1.82) is 0 Å². The van der Waals surface area contributed by atoms with E-state index in [-0.39, 0.29) is 28.3 Å². The largest absolute Gasteiger partial charge is 0.455 e. The van der Waals surface area contributed by atoms with Crippen molar-refractivity contribution in [2.75, 3.05) is 68.4 Å². The van der Waals surface area contributed by atoms with Crippen LogP contribution in [0.1, 0.15) is 67.4 Å². The van der Waals surface area contributed by atoms with Crippen molar-refractivity contribution in [3.05, 3.63) is 110 Å². The molecule has 14 nitrogen and oxygen atoms in total. The van der Waals surface area contributed by atoms with Crippen LogP contribution in [0.5, 0.6) is 11.5 Å². The van der Waals surface area contributed by atoms with Crippen LogP contribution in [0.25, 0.3) is 5.57 Å². The van der Waals surface area contributed by atoms with E-state index in [1.54, 1.807) is 25.1 Å². The molecule has 1 amide bonds. The lowest BCUT2D eigenvalue weighted by Crippen LogP contribution is -2.47. The van der Waals surface area contributed by atoms with Crippen LogP contribution in [-0.2, 0) is 14.8 Å². The number of ether oxygens (including phenoxy) is 2. The minimum Gasteiger partial charge on any atom is -0.455 e. The maximum atomic E-state index is 13.8. The van der Waals surface area contributed by atoms with Gasteiger partial charge in [-0.05, 0) is 110 Å². The Hall–Kier alpha value is -5.22. The van der Waals surface area contributed by atoms with Crippen LogP contribution >= 0.6 is 11.6 Å². The quantitative estimate of drug-likeness (QED) is 0.0870. The average molecular weight is 858 g/mol. The van der Waals surface area contributed by atoms with Gasteiger partial charge in [0.15, 0.2) is 0 Å². The molecule has 2 aliphatic heterocycles. The van der Waals surface area contributed by atoms with Crippen LogP contribution < -0.4 is 25.4 Å². The number of nitrogens with one attached hydrogen (secondary N) is 2. The first-order valence-electron chi connectivity index (χ1n) is 20.3. The molecule has 3 heterocycles. The van der Waals surface area contributed by atoms with Gasteiger partial charge in [0.2, 0.25) is 0 Å². The molecule has 0 unspecified atom stereocenters. The van der Waals surface area contributed by atoms with Gasteiger partial charge in [0, 0.05) is 75.3 Å². The lowest BCUT2D eigenvalue weighted by atomic mass is 9.72. The Labute approximate surface area is 356 Å². The van der Waals surface area contributed by atoms with E-state index < -0.39 is 31.4 Å². The highest BCUT2D eigenvalue weighted by atomic mass is 35.5. The lowest BCUT2D eigenvalue weighted by Gasteiger charge is -2.39. The Bertz CT molecular complexity index is 2380. The number of carbonyl (C=O) groups is 1. The molecule has 7 rings (SSSR count). The molecule has 0 saturated carbocycles. The number of sulfonamides is 1. The van der Waals surface area contributed by atoms with Crippen LogP contribution in [-0.4, -0.2) is 81.6 Å². The summed E-state index contributed by atoms with van der Waals surface area (Å²) in [6, 6.07) is 18.4. The molecule has 0 radical (unpaired) electrons. The van der Waals surface area contributed by atoms with Crippen molar-refractivity contribution in [3.63, 3.8) is 0 Å². The molecule has 1 aliphatic carbocycles. The number of aryl methyl sites for hydroxylation is 1. The lowest BCUT2D eigenvalue weighted by molar-refractivity contribution is -0.384. The Morgan fingerprint density at radius 1 is 1.05 bits per heavy atom. The van der Waals surface area contributed by atoms with Gasteiger partial charge >= 0.3 is 0 Å². The second kappa shape index (κ2) is 18.2. The van der Waals surface area contributed by atoms with Crippen LogP contribution in [0.2, 0.25) is 5.02 Å². The van der Waals surface area contributed by atoms with Crippen LogP contribution in [0.4, 0.5) is 22.9 Å². The molecule has 4 N–H and O–H groups in total. The highest BCUT2D eigenvalue weighted by molar-refractivity contribution is 7.90. The highest BCUT2D eigenvalue weighted by Crippen LogP contribution is 2.43. The van der Waals surface area contributed by atoms with Gasteiger partial charge < -0.3 is 25.4 Å². The smallest absolute Gasteiger partial charge is 0.293 e. The number of nitro benzene ring substituents is 1. The van der Waals surface area contributed by atoms with Crippen molar-refractivity contribution in [1.82, 2.24) is 14.6 Å². The number of nitrogens with two attached hydrogens (primary N) is 1. The molecule has 0 spiro atoms. The van der Waals surface area contributed by atoms with E-state index in [1.807, 2.05) is 12.1 Å². The summed E-state index contributed by atoms with van der Waals surface area (Å²) < 4.78 is 41.0. The Balaban J connectivity index is 1.08. The first kappa shape index (κ1) is 42.9. The number of nitro groups is 1. The molecule has 16 heteroatoms. The molecular formula is C44H52ClN7O7S. The molecular weight excluding hydrogens is 806 g/mol. The predicted octanol–water partition coefficient (Wildman–Crippen LogP) is 8.07. The van der Waals surface area contributed by atoms with E-state index in [0.29, 0.717) is 36.9 Å². The number of anilines is 3. The standard InChI is InChI=1S/C44H52ClN7O7S/c1-29-22-35(27-48-42(29)46)59-41-23-34(51-18-16-50(17-19-51)28-32-12-15-44(2,3)25-38(32)31-4-6-33(45)7-5-31)8-10-37(41)43(53)49-60(56,57)36-9-11-39(40(24-36)52(54)55)47-26-30-13-20-58-21-14-30/h4-11,22-24,27,30,47H,12-21,25-26,28H2,1-3H3,(H2,46,48)(H,49,53). The molecule has 2 saturated heterocycles. The average Bonchev–Trinajstić information content (AvgIpc) is 3.22. The number of carbonyl (C=O) groups excluding carboxylic acids is 1. The fourth-order valence-electron chi connectivity index (χ4n) is 8.04. The molecule has 3 aromatic carbocycles. The summed E-state index contributed by atoms with van der Waals surface area (Å²) >= 11 is 6.23. The van der Waals surface area contributed by atoms with Gasteiger partial charge in [0.25, 0.3) is 21.6 Å². The highest BCUT2D eigenvalue weighted by Gasteiger charge is 2.30. The fourth-order valence-corrected chi connectivity index (χ4v) is 9.15. The van der Waals surface area contributed by atoms with E-state index in [9.17, 15) is 23.3 Å². The number of halogens is 1. The summed E-state index contributed by atoms with van der Waals surface area (Å²) in [5.74, 6) is 0.0415. The number of hydrogen-bond donors (Lipinski definition) is 3. The maximum absolute atomic E-state index is 13.8. The van der Waals surface area contributed by atoms with Gasteiger partial charge in [-0.2, -0.15) is 0 Å². The Morgan fingerprint density at radius 3 is 2.48 bits per heavy atom. The van der Waals surface area contributed by atoms with Crippen molar-refractivity contribution in [2.24, 2.45) is 11.3 Å².